The molecule has 144 valence electrons. The molecule has 1 saturated heterocycles. The van der Waals surface area contributed by atoms with Gasteiger partial charge in [-0.3, -0.25) is 5.32 Å². The van der Waals surface area contributed by atoms with Crippen LogP contribution in [0.4, 0.5) is 13.2 Å². The highest BCUT2D eigenvalue weighted by atomic mass is 19.4. The maximum atomic E-state index is 13.0. The highest BCUT2D eigenvalue weighted by Crippen LogP contribution is 2.52. The quantitative estimate of drug-likeness (QED) is 0.662. The number of rotatable bonds is 4. The second kappa shape index (κ2) is 6.75. The van der Waals surface area contributed by atoms with Crippen LogP contribution in [-0.2, 0) is 4.74 Å². The van der Waals surface area contributed by atoms with Crippen LogP contribution in [0, 0.1) is 22.7 Å². The summed E-state index contributed by atoms with van der Waals surface area (Å²) in [5.41, 5.74) is -1.19. The van der Waals surface area contributed by atoms with Gasteiger partial charge in [0, 0.05) is 18.9 Å². The standard InChI is InChI=1S/C16H25F3N2O4/c1-25-14-9(2-3-10(20-14)16(17,18)19)12(21-24)11-13(22)8-4-6-15(11,23)7-5-8/h8-14,20,22-23H,2-7H2,1H3. The molecule has 3 aliphatic carbocycles. The average Bonchev–Trinajstić information content (AvgIpc) is 2.57. The van der Waals surface area contributed by atoms with Crippen molar-refractivity contribution in [2.24, 2.45) is 22.9 Å². The molecule has 0 aromatic carbocycles. The molecule has 6 atom stereocenters. The predicted octanol–water partition coefficient (Wildman–Crippen LogP) is 1.94. The summed E-state index contributed by atoms with van der Waals surface area (Å²) >= 11 is 0. The van der Waals surface area contributed by atoms with Gasteiger partial charge in [-0.25, -0.2) is 0 Å². The van der Waals surface area contributed by atoms with Crippen LogP contribution in [0.2, 0.25) is 0 Å². The highest BCUT2D eigenvalue weighted by Gasteiger charge is 2.58. The molecule has 0 aromatic heterocycles. The van der Waals surface area contributed by atoms with Gasteiger partial charge in [-0.2, -0.15) is 18.1 Å². The van der Waals surface area contributed by atoms with E-state index in [0.717, 1.165) is 0 Å². The largest absolute Gasteiger partial charge is 0.403 e. The van der Waals surface area contributed by atoms with Gasteiger partial charge in [0.2, 0.25) is 0 Å². The van der Waals surface area contributed by atoms with Crippen molar-refractivity contribution in [2.45, 2.75) is 74.7 Å². The Morgan fingerprint density at radius 2 is 1.88 bits per heavy atom. The van der Waals surface area contributed by atoms with Crippen LogP contribution in [0.5, 0.6) is 0 Å². The van der Waals surface area contributed by atoms with E-state index in [4.69, 9.17) is 4.74 Å². The Bertz CT molecular complexity index is 496. The smallest absolute Gasteiger partial charge is 0.392 e. The average molecular weight is 366 g/mol. The van der Waals surface area contributed by atoms with E-state index in [2.05, 4.69) is 10.5 Å². The van der Waals surface area contributed by atoms with Crippen LogP contribution in [0.15, 0.2) is 5.18 Å². The molecule has 6 nitrogen and oxygen atoms in total. The Labute approximate surface area is 144 Å². The molecule has 9 heteroatoms. The third kappa shape index (κ3) is 3.31. The van der Waals surface area contributed by atoms with Crippen LogP contribution in [0.3, 0.4) is 0 Å². The number of methoxy groups -OCH3 is 1. The zero-order chi connectivity index (χ0) is 18.4. The van der Waals surface area contributed by atoms with Crippen molar-refractivity contribution in [2.75, 3.05) is 7.11 Å². The van der Waals surface area contributed by atoms with Gasteiger partial charge in [-0.15, -0.1) is 0 Å². The van der Waals surface area contributed by atoms with Crippen LogP contribution in [0.25, 0.3) is 0 Å². The third-order valence-corrected chi connectivity index (χ3v) is 6.49. The lowest BCUT2D eigenvalue weighted by molar-refractivity contribution is -0.198. The molecule has 25 heavy (non-hydrogen) atoms. The second-order valence-corrected chi connectivity index (χ2v) is 7.71. The van der Waals surface area contributed by atoms with Crippen LogP contribution in [0.1, 0.15) is 38.5 Å². The molecule has 4 aliphatic rings. The summed E-state index contributed by atoms with van der Waals surface area (Å²) in [6.45, 7) is 0. The van der Waals surface area contributed by atoms with E-state index < -0.39 is 48.0 Å². The fourth-order valence-electron chi connectivity index (χ4n) is 5.12. The normalized spacial score (nSPS) is 46.0. The molecule has 4 rings (SSSR count). The lowest BCUT2D eigenvalue weighted by atomic mass is 9.56. The zero-order valence-electron chi connectivity index (χ0n) is 14.1. The lowest BCUT2D eigenvalue weighted by Gasteiger charge is -2.54. The molecule has 1 heterocycles. The maximum absolute atomic E-state index is 13.0. The number of piperidine rings is 1. The van der Waals surface area contributed by atoms with Gasteiger partial charge in [-0.05, 0) is 44.4 Å². The van der Waals surface area contributed by atoms with Crippen molar-refractivity contribution in [1.82, 2.24) is 5.32 Å². The minimum atomic E-state index is -4.40. The van der Waals surface area contributed by atoms with E-state index in [0.29, 0.717) is 25.7 Å². The Kier molecular flexibility index (Phi) is 5.13. The van der Waals surface area contributed by atoms with E-state index in [9.17, 15) is 28.3 Å². The number of halogens is 3. The van der Waals surface area contributed by atoms with Gasteiger partial charge in [0.15, 0.2) is 0 Å². The lowest BCUT2D eigenvalue weighted by Crippen LogP contribution is -2.64. The number of fused-ring (bicyclic) bond motifs is 3. The zero-order valence-corrected chi connectivity index (χ0v) is 14.1. The van der Waals surface area contributed by atoms with E-state index in [1.807, 2.05) is 0 Å². The summed E-state index contributed by atoms with van der Waals surface area (Å²) in [5, 5.41) is 27.1. The molecule has 2 bridgehead atoms. The van der Waals surface area contributed by atoms with Crippen LogP contribution >= 0.6 is 0 Å². The fraction of sp³-hybridized carbons (Fsp3) is 1.00. The molecule has 3 saturated carbocycles. The van der Waals surface area contributed by atoms with Crippen molar-refractivity contribution >= 4 is 0 Å². The summed E-state index contributed by atoms with van der Waals surface area (Å²) in [5.74, 6) is -1.38. The minimum Gasteiger partial charge on any atom is -0.392 e. The molecule has 6 unspecified atom stereocenters. The number of nitrogens with zero attached hydrogens (tertiary/aromatic N) is 1. The monoisotopic (exact) mass is 366 g/mol. The molecule has 0 radical (unpaired) electrons. The first-order valence-electron chi connectivity index (χ1n) is 8.79. The van der Waals surface area contributed by atoms with Crippen molar-refractivity contribution < 1.29 is 28.1 Å². The number of hydrogen-bond donors (Lipinski definition) is 3. The number of alkyl halides is 3. The van der Waals surface area contributed by atoms with Gasteiger partial charge in [0.05, 0.1) is 11.7 Å². The molecule has 0 amide bonds. The molecular weight excluding hydrogens is 341 g/mol. The minimum absolute atomic E-state index is 0.00347. The van der Waals surface area contributed by atoms with Crippen LogP contribution in [-0.4, -0.2) is 53.5 Å². The van der Waals surface area contributed by atoms with Gasteiger partial charge in [0.25, 0.3) is 0 Å². The first kappa shape index (κ1) is 19.0. The maximum Gasteiger partial charge on any atom is 0.403 e. The number of nitrogens with one attached hydrogen (secondary N) is 1. The Morgan fingerprint density at radius 3 is 2.36 bits per heavy atom. The third-order valence-electron chi connectivity index (χ3n) is 6.49. The predicted molar refractivity (Wildman–Crippen MR) is 82.5 cm³/mol. The van der Waals surface area contributed by atoms with Crippen molar-refractivity contribution in [3.05, 3.63) is 4.91 Å². The molecule has 0 aromatic rings. The number of aliphatic hydroxyl groups excluding tert-OH is 1. The Hall–Kier alpha value is -0.770. The Balaban J connectivity index is 1.82. The van der Waals surface area contributed by atoms with Gasteiger partial charge in [-0.1, -0.05) is 5.18 Å². The number of aliphatic hydroxyl groups is 2. The molecule has 1 aliphatic heterocycles. The van der Waals surface area contributed by atoms with Crippen LogP contribution < -0.4 is 5.32 Å². The SMILES string of the molecule is COC1NC(C(F)(F)F)CCC1C(N=O)C1C(O)C2CCC1(O)CC2. The van der Waals surface area contributed by atoms with Gasteiger partial charge >= 0.3 is 6.18 Å². The summed E-state index contributed by atoms with van der Waals surface area (Å²) in [6.07, 6.45) is -4.02. The van der Waals surface area contributed by atoms with Gasteiger partial charge in [0.1, 0.15) is 18.3 Å². The van der Waals surface area contributed by atoms with E-state index in [-0.39, 0.29) is 18.8 Å². The first-order valence-corrected chi connectivity index (χ1v) is 8.79. The first-order chi connectivity index (χ1) is 11.7. The molecular formula is C16H25F3N2O4. The number of nitroso groups, excluding NO2 is 1. The van der Waals surface area contributed by atoms with E-state index in [1.165, 1.54) is 7.11 Å². The van der Waals surface area contributed by atoms with E-state index >= 15 is 0 Å². The topological polar surface area (TPSA) is 91.2 Å². The molecule has 0 spiro atoms. The Morgan fingerprint density at radius 1 is 1.24 bits per heavy atom. The summed E-state index contributed by atoms with van der Waals surface area (Å²) in [6, 6.07) is -2.69. The van der Waals surface area contributed by atoms with Crippen molar-refractivity contribution in [3.8, 4) is 0 Å². The van der Waals surface area contributed by atoms with Crippen molar-refractivity contribution in [1.29, 1.82) is 0 Å². The highest BCUT2D eigenvalue weighted by molar-refractivity contribution is 5.09. The summed E-state index contributed by atoms with van der Waals surface area (Å²) in [7, 11) is 1.28. The molecule has 3 N–H and O–H groups in total. The fourth-order valence-corrected chi connectivity index (χ4v) is 5.12. The summed E-state index contributed by atoms with van der Waals surface area (Å²) < 4.78 is 44.1. The summed E-state index contributed by atoms with van der Waals surface area (Å²) in [4.78, 5) is 11.6. The van der Waals surface area contributed by atoms with Gasteiger partial charge < -0.3 is 14.9 Å². The van der Waals surface area contributed by atoms with E-state index in [1.54, 1.807) is 0 Å². The molecule has 4 fully saturated rings. The van der Waals surface area contributed by atoms with Crippen molar-refractivity contribution in [3.63, 3.8) is 0 Å². The second-order valence-electron chi connectivity index (χ2n) is 7.71. The number of hydrogen-bond acceptors (Lipinski definition) is 6. The number of ether oxygens (including phenoxy) is 1.